The van der Waals surface area contributed by atoms with E-state index < -0.39 is 0 Å². The van der Waals surface area contributed by atoms with Crippen LogP contribution in [0, 0.1) is 10.8 Å². The molecule has 0 bridgehead atoms. The highest BCUT2D eigenvalue weighted by Gasteiger charge is 2.62. The third-order valence-corrected chi connectivity index (χ3v) is 4.25. The molecule has 2 aliphatic rings. The quantitative estimate of drug-likeness (QED) is 0.654. The van der Waals surface area contributed by atoms with Crippen molar-refractivity contribution in [2.75, 3.05) is 33.4 Å². The third-order valence-electron chi connectivity index (χ3n) is 4.25. The lowest BCUT2D eigenvalue weighted by Crippen LogP contribution is -2.53. The first kappa shape index (κ1) is 9.44. The number of nitrogens with zero attached hydrogens (tertiary/aromatic N) is 1. The monoisotopic (exact) mass is 185 g/mol. The molecule has 76 valence electrons. The zero-order valence-corrected chi connectivity index (χ0v) is 8.29. The fourth-order valence-corrected chi connectivity index (χ4v) is 3.39. The van der Waals surface area contributed by atoms with E-state index in [9.17, 15) is 5.11 Å². The van der Waals surface area contributed by atoms with Crippen LogP contribution in [0.1, 0.15) is 19.3 Å². The summed E-state index contributed by atoms with van der Waals surface area (Å²) in [6, 6.07) is 0. The van der Waals surface area contributed by atoms with Crippen LogP contribution in [0.5, 0.6) is 0 Å². The summed E-state index contributed by atoms with van der Waals surface area (Å²) in [5.74, 6) is 0. The molecule has 1 aliphatic carbocycles. The van der Waals surface area contributed by atoms with Crippen molar-refractivity contribution in [2.24, 2.45) is 10.8 Å². The average Bonchev–Trinajstić information content (AvgIpc) is 2.27. The van der Waals surface area contributed by atoms with E-state index in [1.54, 1.807) is 0 Å². The molecule has 0 spiro atoms. The van der Waals surface area contributed by atoms with Crippen LogP contribution in [-0.2, 0) is 0 Å². The molecule has 3 heteroatoms. The maximum atomic E-state index is 9.45. The van der Waals surface area contributed by atoms with Crippen LogP contribution in [-0.4, -0.2) is 48.5 Å². The highest BCUT2D eigenvalue weighted by Crippen LogP contribution is 2.62. The van der Waals surface area contributed by atoms with E-state index >= 15 is 0 Å². The topological polar surface area (TPSA) is 43.7 Å². The van der Waals surface area contributed by atoms with Gasteiger partial charge in [-0.1, -0.05) is 0 Å². The normalized spacial score (nSPS) is 44.5. The third kappa shape index (κ3) is 1.07. The molecule has 0 amide bonds. The van der Waals surface area contributed by atoms with Crippen LogP contribution in [0.25, 0.3) is 0 Å². The Labute approximate surface area is 79.4 Å². The van der Waals surface area contributed by atoms with Gasteiger partial charge in [0.2, 0.25) is 0 Å². The lowest BCUT2D eigenvalue weighted by Gasteiger charge is -2.54. The molecule has 0 aromatic carbocycles. The fourth-order valence-electron chi connectivity index (χ4n) is 3.39. The predicted octanol–water partition coefficient (Wildman–Crippen LogP) is 0.0731. The van der Waals surface area contributed by atoms with Crippen LogP contribution in [0.2, 0.25) is 0 Å². The predicted molar refractivity (Wildman–Crippen MR) is 50.4 cm³/mol. The molecule has 0 aromatic heterocycles. The van der Waals surface area contributed by atoms with Gasteiger partial charge in [-0.25, -0.2) is 0 Å². The summed E-state index contributed by atoms with van der Waals surface area (Å²) >= 11 is 0. The second kappa shape index (κ2) is 2.94. The van der Waals surface area contributed by atoms with Gasteiger partial charge in [0.05, 0.1) is 6.61 Å². The summed E-state index contributed by atoms with van der Waals surface area (Å²) in [5, 5.41) is 18.5. The van der Waals surface area contributed by atoms with Gasteiger partial charge in [0, 0.05) is 25.1 Å². The molecule has 1 saturated heterocycles. The largest absolute Gasteiger partial charge is 0.396 e. The minimum Gasteiger partial charge on any atom is -0.396 e. The maximum absolute atomic E-state index is 9.45. The van der Waals surface area contributed by atoms with Gasteiger partial charge >= 0.3 is 0 Å². The molecular formula is C10H19NO2. The molecule has 2 unspecified atom stereocenters. The van der Waals surface area contributed by atoms with Crippen molar-refractivity contribution in [3.63, 3.8) is 0 Å². The zero-order valence-electron chi connectivity index (χ0n) is 8.29. The first-order chi connectivity index (χ1) is 6.18. The Hall–Kier alpha value is -0.120. The summed E-state index contributed by atoms with van der Waals surface area (Å²) in [6.07, 6.45) is 3.17. The van der Waals surface area contributed by atoms with Crippen molar-refractivity contribution in [1.82, 2.24) is 4.90 Å². The van der Waals surface area contributed by atoms with E-state index in [0.29, 0.717) is 0 Å². The molecule has 2 rings (SSSR count). The molecule has 0 radical (unpaired) electrons. The number of fused-ring (bicyclic) bond motifs is 1. The molecule has 3 nitrogen and oxygen atoms in total. The molecule has 2 atom stereocenters. The van der Waals surface area contributed by atoms with E-state index in [4.69, 9.17) is 5.11 Å². The van der Waals surface area contributed by atoms with E-state index in [2.05, 4.69) is 11.9 Å². The Morgan fingerprint density at radius 3 is 2.23 bits per heavy atom. The van der Waals surface area contributed by atoms with Crippen molar-refractivity contribution >= 4 is 0 Å². The number of hydrogen-bond donors (Lipinski definition) is 2. The van der Waals surface area contributed by atoms with Gasteiger partial charge in [-0.15, -0.1) is 0 Å². The second-order valence-corrected chi connectivity index (χ2v) is 4.86. The highest BCUT2D eigenvalue weighted by molar-refractivity contribution is 5.13. The lowest BCUT2D eigenvalue weighted by molar-refractivity contribution is -0.0840. The molecule has 1 aliphatic heterocycles. The van der Waals surface area contributed by atoms with E-state index in [1.165, 1.54) is 6.42 Å². The van der Waals surface area contributed by atoms with E-state index in [1.807, 2.05) is 0 Å². The number of likely N-dealkylation sites (tertiary alicyclic amines) is 1. The Kier molecular flexibility index (Phi) is 2.13. The van der Waals surface area contributed by atoms with E-state index in [0.717, 1.165) is 25.9 Å². The van der Waals surface area contributed by atoms with Crippen molar-refractivity contribution in [3.8, 4) is 0 Å². The van der Waals surface area contributed by atoms with Crippen LogP contribution >= 0.6 is 0 Å². The summed E-state index contributed by atoms with van der Waals surface area (Å²) < 4.78 is 0. The Morgan fingerprint density at radius 1 is 1.15 bits per heavy atom. The second-order valence-electron chi connectivity index (χ2n) is 4.86. The molecule has 0 aromatic rings. The summed E-state index contributed by atoms with van der Waals surface area (Å²) in [6.45, 7) is 2.60. The van der Waals surface area contributed by atoms with E-state index in [-0.39, 0.29) is 24.0 Å². The van der Waals surface area contributed by atoms with Gasteiger partial charge in [-0.2, -0.15) is 0 Å². The lowest BCUT2D eigenvalue weighted by atomic mass is 9.50. The molecule has 1 heterocycles. The SMILES string of the molecule is CN1CC2(CO)CCC2(CCO)C1. The van der Waals surface area contributed by atoms with Gasteiger partial charge in [-0.05, 0) is 31.7 Å². The van der Waals surface area contributed by atoms with Crippen LogP contribution in [0.15, 0.2) is 0 Å². The summed E-state index contributed by atoms with van der Waals surface area (Å²) in [4.78, 5) is 2.29. The van der Waals surface area contributed by atoms with Crippen LogP contribution in [0.4, 0.5) is 0 Å². The molecule has 13 heavy (non-hydrogen) atoms. The number of hydrogen-bond acceptors (Lipinski definition) is 3. The van der Waals surface area contributed by atoms with Gasteiger partial charge in [-0.3, -0.25) is 0 Å². The summed E-state index contributed by atoms with van der Waals surface area (Å²) in [7, 11) is 2.11. The number of aliphatic hydroxyl groups excluding tert-OH is 2. The Morgan fingerprint density at radius 2 is 1.77 bits per heavy atom. The smallest absolute Gasteiger partial charge is 0.0505 e. The van der Waals surface area contributed by atoms with Crippen LogP contribution in [0.3, 0.4) is 0 Å². The van der Waals surface area contributed by atoms with Crippen molar-refractivity contribution in [3.05, 3.63) is 0 Å². The number of aliphatic hydroxyl groups is 2. The molecular weight excluding hydrogens is 166 g/mol. The van der Waals surface area contributed by atoms with Crippen molar-refractivity contribution < 1.29 is 10.2 Å². The standard InChI is InChI=1S/C10H19NO2/c1-11-6-9(4-5-12)2-3-10(9,7-11)8-13/h12-13H,2-8H2,1H3. The van der Waals surface area contributed by atoms with Gasteiger partial charge in [0.1, 0.15) is 0 Å². The molecule has 2 fully saturated rings. The van der Waals surface area contributed by atoms with Crippen molar-refractivity contribution in [2.45, 2.75) is 19.3 Å². The van der Waals surface area contributed by atoms with Gasteiger partial charge in [0.15, 0.2) is 0 Å². The molecule has 2 N–H and O–H groups in total. The number of rotatable bonds is 3. The average molecular weight is 185 g/mol. The first-order valence-electron chi connectivity index (χ1n) is 5.08. The minimum atomic E-state index is 0.116. The first-order valence-corrected chi connectivity index (χ1v) is 5.08. The van der Waals surface area contributed by atoms with Gasteiger partial charge in [0.25, 0.3) is 0 Å². The Bertz CT molecular complexity index is 205. The minimum absolute atomic E-state index is 0.116. The molecule has 1 saturated carbocycles. The van der Waals surface area contributed by atoms with Crippen molar-refractivity contribution in [1.29, 1.82) is 0 Å². The highest BCUT2D eigenvalue weighted by atomic mass is 16.3. The summed E-state index contributed by atoms with van der Waals surface area (Å²) in [5.41, 5.74) is 0.343. The maximum Gasteiger partial charge on any atom is 0.0505 e. The van der Waals surface area contributed by atoms with Crippen LogP contribution < -0.4 is 0 Å². The fraction of sp³-hybridized carbons (Fsp3) is 1.00. The Balaban J connectivity index is 2.17. The van der Waals surface area contributed by atoms with Gasteiger partial charge < -0.3 is 15.1 Å². The zero-order chi connectivity index (χ0) is 9.53.